The minimum absolute atomic E-state index is 0.475. The fraction of sp³-hybridized carbons (Fsp3) is 0.368. The van der Waals surface area contributed by atoms with Gasteiger partial charge in [-0.2, -0.15) is 0 Å². The van der Waals surface area contributed by atoms with Crippen molar-refractivity contribution in [2.75, 3.05) is 6.54 Å². The van der Waals surface area contributed by atoms with Crippen molar-refractivity contribution < 1.29 is 4.42 Å². The second-order valence-electron chi connectivity index (χ2n) is 6.27. The third kappa shape index (κ3) is 2.14. The largest absolute Gasteiger partial charge is 0.456 e. The summed E-state index contributed by atoms with van der Waals surface area (Å²) in [5.41, 5.74) is 3.36. The zero-order valence-electron chi connectivity index (χ0n) is 12.6. The van der Waals surface area contributed by atoms with Gasteiger partial charge in [0.15, 0.2) is 0 Å². The van der Waals surface area contributed by atoms with Gasteiger partial charge in [-0.3, -0.25) is 0 Å². The summed E-state index contributed by atoms with van der Waals surface area (Å²) in [6.45, 7) is 5.55. The Bertz CT molecular complexity index is 788. The zero-order valence-corrected chi connectivity index (χ0v) is 12.6. The van der Waals surface area contributed by atoms with Crippen LogP contribution in [0.1, 0.15) is 31.9 Å². The summed E-state index contributed by atoms with van der Waals surface area (Å²) in [5, 5.41) is 6.12. The van der Waals surface area contributed by atoms with Gasteiger partial charge in [-0.25, -0.2) is 0 Å². The van der Waals surface area contributed by atoms with Gasteiger partial charge in [0.1, 0.15) is 11.2 Å². The molecule has 108 valence electrons. The van der Waals surface area contributed by atoms with Crippen LogP contribution in [-0.4, -0.2) is 6.54 Å². The van der Waals surface area contributed by atoms with E-state index in [9.17, 15) is 0 Å². The van der Waals surface area contributed by atoms with E-state index in [1.54, 1.807) is 0 Å². The lowest BCUT2D eigenvalue weighted by Crippen LogP contribution is -2.23. The highest BCUT2D eigenvalue weighted by molar-refractivity contribution is 6.05. The lowest BCUT2D eigenvalue weighted by Gasteiger charge is -2.18. The van der Waals surface area contributed by atoms with Crippen molar-refractivity contribution in [3.05, 3.63) is 48.0 Å². The minimum atomic E-state index is 0.475. The van der Waals surface area contributed by atoms with Crippen molar-refractivity contribution in [3.63, 3.8) is 0 Å². The van der Waals surface area contributed by atoms with Gasteiger partial charge in [-0.1, -0.05) is 38.1 Å². The first-order valence-corrected chi connectivity index (χ1v) is 7.92. The first kappa shape index (κ1) is 12.9. The Balaban J connectivity index is 1.83. The van der Waals surface area contributed by atoms with Crippen LogP contribution in [0.3, 0.4) is 0 Å². The molecule has 0 saturated heterocycles. The highest BCUT2D eigenvalue weighted by Crippen LogP contribution is 2.47. The number of benzene rings is 2. The number of fused-ring (bicyclic) bond motifs is 3. The van der Waals surface area contributed by atoms with Gasteiger partial charge in [0.2, 0.25) is 0 Å². The standard InChI is InChI=1S/C19H21NO/c1-3-20-19(15-10-12(15)2)13-8-9-18-16(11-13)14-6-4-5-7-17(14)21-18/h4-9,11-12,15,19-20H,3,10H2,1-2H3. The number of furan rings is 1. The Hall–Kier alpha value is -1.80. The van der Waals surface area contributed by atoms with E-state index >= 15 is 0 Å². The van der Waals surface area contributed by atoms with Gasteiger partial charge < -0.3 is 9.73 Å². The molecule has 3 unspecified atom stereocenters. The van der Waals surface area contributed by atoms with Crippen LogP contribution >= 0.6 is 0 Å². The molecular formula is C19H21NO. The molecule has 1 saturated carbocycles. The van der Waals surface area contributed by atoms with E-state index < -0.39 is 0 Å². The van der Waals surface area contributed by atoms with Crippen LogP contribution in [-0.2, 0) is 0 Å². The first-order valence-electron chi connectivity index (χ1n) is 7.92. The second kappa shape index (κ2) is 4.88. The van der Waals surface area contributed by atoms with Crippen LogP contribution in [0, 0.1) is 11.8 Å². The predicted molar refractivity (Wildman–Crippen MR) is 87.4 cm³/mol. The van der Waals surface area contributed by atoms with E-state index in [-0.39, 0.29) is 0 Å². The lowest BCUT2D eigenvalue weighted by atomic mass is 9.99. The first-order chi connectivity index (χ1) is 10.3. The Labute approximate surface area is 125 Å². The Kier molecular flexibility index (Phi) is 3.00. The van der Waals surface area contributed by atoms with E-state index in [2.05, 4.69) is 49.5 Å². The van der Waals surface area contributed by atoms with Crippen LogP contribution in [0.5, 0.6) is 0 Å². The number of nitrogens with one attached hydrogen (secondary N) is 1. The van der Waals surface area contributed by atoms with Gasteiger partial charge in [0, 0.05) is 16.8 Å². The number of hydrogen-bond acceptors (Lipinski definition) is 2. The summed E-state index contributed by atoms with van der Waals surface area (Å²) in [7, 11) is 0. The van der Waals surface area contributed by atoms with Gasteiger partial charge in [-0.15, -0.1) is 0 Å². The van der Waals surface area contributed by atoms with E-state index in [1.807, 2.05) is 12.1 Å². The number of rotatable bonds is 4. The molecule has 4 rings (SSSR count). The average Bonchev–Trinajstić information content (AvgIpc) is 3.10. The van der Waals surface area contributed by atoms with Crippen LogP contribution in [0.2, 0.25) is 0 Å². The number of hydrogen-bond donors (Lipinski definition) is 1. The summed E-state index contributed by atoms with van der Waals surface area (Å²) >= 11 is 0. The van der Waals surface area contributed by atoms with Crippen molar-refractivity contribution in [3.8, 4) is 0 Å². The summed E-state index contributed by atoms with van der Waals surface area (Å²) < 4.78 is 5.92. The molecule has 0 amide bonds. The minimum Gasteiger partial charge on any atom is -0.456 e. The zero-order chi connectivity index (χ0) is 14.4. The second-order valence-corrected chi connectivity index (χ2v) is 6.27. The van der Waals surface area contributed by atoms with Crippen molar-refractivity contribution in [2.45, 2.75) is 26.3 Å². The van der Waals surface area contributed by atoms with Gasteiger partial charge in [0.25, 0.3) is 0 Å². The Morgan fingerprint density at radius 2 is 1.90 bits per heavy atom. The Morgan fingerprint density at radius 3 is 2.67 bits per heavy atom. The maximum Gasteiger partial charge on any atom is 0.135 e. The van der Waals surface area contributed by atoms with Crippen molar-refractivity contribution in [2.24, 2.45) is 11.8 Å². The quantitative estimate of drug-likeness (QED) is 0.735. The predicted octanol–water partition coefficient (Wildman–Crippen LogP) is 4.89. The average molecular weight is 279 g/mol. The SMILES string of the molecule is CCNC(c1ccc2oc3ccccc3c2c1)C1CC1C. The van der Waals surface area contributed by atoms with Crippen molar-refractivity contribution in [1.29, 1.82) is 0 Å². The molecule has 0 aliphatic heterocycles. The molecule has 1 fully saturated rings. The van der Waals surface area contributed by atoms with Gasteiger partial charge in [0.05, 0.1) is 0 Å². The topological polar surface area (TPSA) is 25.2 Å². The molecule has 2 aromatic carbocycles. The Morgan fingerprint density at radius 1 is 1.14 bits per heavy atom. The number of para-hydroxylation sites is 1. The third-order valence-corrected chi connectivity index (χ3v) is 4.78. The maximum absolute atomic E-state index is 5.92. The highest BCUT2D eigenvalue weighted by Gasteiger charge is 2.39. The van der Waals surface area contributed by atoms with E-state index in [0.29, 0.717) is 6.04 Å². The smallest absolute Gasteiger partial charge is 0.135 e. The van der Waals surface area contributed by atoms with Gasteiger partial charge >= 0.3 is 0 Å². The van der Waals surface area contributed by atoms with Crippen LogP contribution in [0.15, 0.2) is 46.9 Å². The summed E-state index contributed by atoms with van der Waals surface area (Å²) in [6.07, 6.45) is 1.34. The molecule has 1 aliphatic carbocycles. The molecule has 2 nitrogen and oxygen atoms in total. The molecule has 3 atom stereocenters. The maximum atomic E-state index is 5.92. The molecule has 0 radical (unpaired) electrons. The van der Waals surface area contributed by atoms with Gasteiger partial charge in [-0.05, 0) is 48.6 Å². The summed E-state index contributed by atoms with van der Waals surface area (Å²) in [6, 6.07) is 15.4. The molecule has 2 heteroatoms. The summed E-state index contributed by atoms with van der Waals surface area (Å²) in [5.74, 6) is 1.62. The normalized spacial score (nSPS) is 22.8. The van der Waals surface area contributed by atoms with Crippen molar-refractivity contribution in [1.82, 2.24) is 5.32 Å². The van der Waals surface area contributed by atoms with E-state index in [0.717, 1.165) is 29.5 Å². The van der Waals surface area contributed by atoms with E-state index in [1.165, 1.54) is 22.8 Å². The molecule has 1 N–H and O–H groups in total. The molecule has 1 aliphatic rings. The molecule has 0 spiro atoms. The molecule has 1 aromatic heterocycles. The monoisotopic (exact) mass is 279 g/mol. The van der Waals surface area contributed by atoms with Crippen LogP contribution in [0.25, 0.3) is 21.9 Å². The molecule has 21 heavy (non-hydrogen) atoms. The van der Waals surface area contributed by atoms with Crippen LogP contribution in [0.4, 0.5) is 0 Å². The van der Waals surface area contributed by atoms with Crippen LogP contribution < -0.4 is 5.32 Å². The fourth-order valence-electron chi connectivity index (χ4n) is 3.49. The summed E-state index contributed by atoms with van der Waals surface area (Å²) in [4.78, 5) is 0. The molecule has 3 aromatic rings. The highest BCUT2D eigenvalue weighted by atomic mass is 16.3. The molecular weight excluding hydrogens is 258 g/mol. The lowest BCUT2D eigenvalue weighted by molar-refractivity contribution is 0.476. The molecule has 0 bridgehead atoms. The van der Waals surface area contributed by atoms with Crippen molar-refractivity contribution >= 4 is 21.9 Å². The van der Waals surface area contributed by atoms with E-state index in [4.69, 9.17) is 4.42 Å². The molecule has 1 heterocycles. The fourth-order valence-corrected chi connectivity index (χ4v) is 3.49. The third-order valence-electron chi connectivity index (χ3n) is 4.78.